The molecule has 0 spiro atoms. The number of rotatable bonds is 21. The van der Waals surface area contributed by atoms with Gasteiger partial charge in [-0.1, -0.05) is 238 Å². The molecule has 2 aliphatic rings. The molecule has 18 aromatic rings. The van der Waals surface area contributed by atoms with E-state index in [2.05, 4.69) is 304 Å². The monoisotopic (exact) mass is 1490 g/mol. The minimum absolute atomic E-state index is 0.143. The zero-order chi connectivity index (χ0) is 73.2. The highest BCUT2D eigenvalue weighted by Crippen LogP contribution is 2.46. The first-order valence-corrected chi connectivity index (χ1v) is 39.7. The Labute approximate surface area is 641 Å². The Hall–Kier alpha value is -12.1. The molecule has 20 rings (SSSR count). The number of alkyl halides is 1. The molecule has 0 aliphatic heterocycles. The van der Waals surface area contributed by atoms with Crippen molar-refractivity contribution in [3.8, 4) is 80.1 Å². The molecule has 109 heavy (non-hydrogen) atoms. The van der Waals surface area contributed by atoms with Gasteiger partial charge in [-0.15, -0.1) is 20.4 Å². The number of fused-ring (bicyclic) bond motifs is 14. The van der Waals surface area contributed by atoms with Crippen LogP contribution in [0.2, 0.25) is 0 Å². The summed E-state index contributed by atoms with van der Waals surface area (Å²) in [4.78, 5) is 0. The van der Waals surface area contributed by atoms with Crippen LogP contribution in [-0.4, -0.2) is 55.7 Å². The van der Waals surface area contributed by atoms with Gasteiger partial charge in [0.1, 0.15) is 11.5 Å². The maximum Gasteiger partial charge on any atom is 0.248 e. The number of phenolic OH excluding ortho intramolecular Hbond substituents is 1. The van der Waals surface area contributed by atoms with Gasteiger partial charge in [-0.3, -0.25) is 0 Å². The van der Waals surface area contributed by atoms with Crippen LogP contribution in [0.15, 0.2) is 300 Å². The van der Waals surface area contributed by atoms with Crippen molar-refractivity contribution in [1.29, 1.82) is 0 Å². The van der Waals surface area contributed by atoms with Crippen LogP contribution in [0.1, 0.15) is 84.0 Å². The molecule has 2 bridgehead atoms. The smallest absolute Gasteiger partial charge is 0.248 e. The van der Waals surface area contributed by atoms with E-state index >= 15 is 0 Å². The molecule has 1 fully saturated rings. The average molecular weight is 1490 g/mol. The van der Waals surface area contributed by atoms with E-state index in [9.17, 15) is 5.11 Å². The molecular weight excluding hydrogens is 1410 g/mol. The van der Waals surface area contributed by atoms with Crippen LogP contribution in [0.5, 0.6) is 11.5 Å². The summed E-state index contributed by atoms with van der Waals surface area (Å²) in [6.45, 7) is 2.95. The number of para-hydroxylation sites is 8. The molecular formula is C96H83BrN8O4. The molecule has 6 heterocycles. The van der Waals surface area contributed by atoms with Gasteiger partial charge < -0.3 is 36.9 Å². The van der Waals surface area contributed by atoms with Crippen molar-refractivity contribution < 1.29 is 18.7 Å². The first-order valence-electron chi connectivity index (χ1n) is 38.6. The first-order chi connectivity index (χ1) is 53.9. The topological polar surface area (TPSA) is 127 Å². The predicted octanol–water partition coefficient (Wildman–Crippen LogP) is 25.8. The number of ether oxygens (including phenoxy) is 1. The summed E-state index contributed by atoms with van der Waals surface area (Å²) in [6, 6.07) is 96.2. The van der Waals surface area contributed by atoms with Gasteiger partial charge in [0, 0.05) is 93.4 Å². The minimum Gasteiger partial charge on any atom is -0.508 e. The summed E-state index contributed by atoms with van der Waals surface area (Å²) in [5.74, 6) is 5.59. The van der Waals surface area contributed by atoms with Crippen molar-refractivity contribution in [3.63, 3.8) is 0 Å². The number of halogens is 1. The molecule has 0 saturated heterocycles. The molecule has 0 radical (unpaired) electrons. The molecule has 1 saturated carbocycles. The van der Waals surface area contributed by atoms with E-state index in [1.54, 1.807) is 18.2 Å². The molecule has 2 aliphatic carbocycles. The Morgan fingerprint density at radius 2 is 0.716 bits per heavy atom. The van der Waals surface area contributed by atoms with E-state index in [1.165, 1.54) is 119 Å². The highest BCUT2D eigenvalue weighted by atomic mass is 79.9. The van der Waals surface area contributed by atoms with Gasteiger partial charge in [-0.2, -0.15) is 0 Å². The normalized spacial score (nSPS) is 14.6. The third-order valence-electron chi connectivity index (χ3n) is 22.1. The molecule has 3 atom stereocenters. The van der Waals surface area contributed by atoms with Crippen molar-refractivity contribution >= 4 is 103 Å². The van der Waals surface area contributed by atoms with E-state index in [0.717, 1.165) is 113 Å². The minimum atomic E-state index is 0.143. The van der Waals surface area contributed by atoms with Crippen molar-refractivity contribution in [3.05, 3.63) is 291 Å². The van der Waals surface area contributed by atoms with Crippen LogP contribution in [0.3, 0.4) is 0 Å². The van der Waals surface area contributed by atoms with Gasteiger partial charge in [-0.25, -0.2) is 0 Å². The number of allylic oxidation sites excluding steroid dienone is 2. The largest absolute Gasteiger partial charge is 0.508 e. The van der Waals surface area contributed by atoms with Gasteiger partial charge in [-0.05, 0) is 171 Å². The standard InChI is InChI=1S/C46H40N4O2.C38H24N4O2.C12H19Br/c1-2-3-4-5-6-15-27-51-36-18-16-17-32(30-36)45-47-48-46(52-45)33-28-34(49-41-23-11-7-19-37(41)38-20-8-12-24-42(38)49)31-35(29-33)50-43-25-13-9-21-39(43)40-22-10-14-26-44(40)50;43-28-11-9-10-24(22-28)37-39-40-38(44-37)25-20-26(41-33-16-5-1-12-29(33)30-13-2-6-17-34(30)41)23-27(21-25)42-35-18-7-3-14-31(35)32-15-4-8-19-36(32)42;13-7-3-1-2-4-11-8-10-5-6-12(11)9-10/h7-14,16-26,28-31H,2-6,15,27H2,1H3;1-23,43H;5-6,10-12H,1-4,7-9H2. The molecule has 0 amide bonds. The van der Waals surface area contributed by atoms with Gasteiger partial charge in [0.2, 0.25) is 23.6 Å². The van der Waals surface area contributed by atoms with E-state index < -0.39 is 0 Å². The molecule has 13 heteroatoms. The first kappa shape index (κ1) is 68.7. The quantitative estimate of drug-likeness (QED) is 0.0428. The number of benzene rings is 12. The van der Waals surface area contributed by atoms with Crippen LogP contribution < -0.4 is 4.74 Å². The van der Waals surface area contributed by atoms with Crippen LogP contribution >= 0.6 is 15.9 Å². The number of hydrogen-bond donors (Lipinski definition) is 1. The van der Waals surface area contributed by atoms with E-state index in [-0.39, 0.29) is 5.75 Å². The molecule has 6 aromatic heterocycles. The Morgan fingerprint density at radius 1 is 0.358 bits per heavy atom. The number of unbranched alkanes of at least 4 members (excludes halogenated alkanes) is 7. The molecule has 3 unspecified atom stereocenters. The fraction of sp³-hybridized carbons (Fsp3) is 0.188. The molecule has 538 valence electrons. The van der Waals surface area contributed by atoms with Gasteiger partial charge in [0.25, 0.3) is 0 Å². The van der Waals surface area contributed by atoms with Crippen LogP contribution in [0.4, 0.5) is 0 Å². The highest BCUT2D eigenvalue weighted by Gasteiger charge is 2.35. The molecule has 12 aromatic carbocycles. The Morgan fingerprint density at radius 3 is 1.08 bits per heavy atom. The number of phenols is 1. The number of hydrogen-bond acceptors (Lipinski definition) is 8. The molecule has 1 N–H and O–H groups in total. The Balaban J connectivity index is 0.000000133. The van der Waals surface area contributed by atoms with Crippen molar-refractivity contribution in [2.75, 3.05) is 11.9 Å². The summed E-state index contributed by atoms with van der Waals surface area (Å²) < 4.78 is 28.2. The lowest BCUT2D eigenvalue weighted by Crippen LogP contribution is -2.06. The highest BCUT2D eigenvalue weighted by molar-refractivity contribution is 9.09. The maximum absolute atomic E-state index is 10.0. The summed E-state index contributed by atoms with van der Waals surface area (Å²) in [7, 11) is 0. The van der Waals surface area contributed by atoms with Gasteiger partial charge in [0.15, 0.2) is 0 Å². The van der Waals surface area contributed by atoms with E-state index in [0.29, 0.717) is 35.7 Å². The average Bonchev–Trinajstić information content (AvgIpc) is 1.60. The third kappa shape index (κ3) is 13.6. The lowest BCUT2D eigenvalue weighted by atomic mass is 9.89. The Kier molecular flexibility index (Phi) is 19.3. The fourth-order valence-corrected chi connectivity index (χ4v) is 17.4. The summed E-state index contributed by atoms with van der Waals surface area (Å²) >= 11 is 3.48. The SMILES string of the molecule is BrCCCCCC1CC2C=CC1C2.CCCCCCCCOc1cccc(-c2nnc(-c3cc(-n4c5ccccc5c5ccccc54)cc(-n4c5ccccc5c5ccccc54)c3)o2)c1.Oc1cccc(-c2nnc(-c3cc(-n4c5ccccc5c5ccccc54)cc(-n4c5ccccc5c5ccccc54)c3)o2)c1. The molecule has 12 nitrogen and oxygen atoms in total. The van der Waals surface area contributed by atoms with Gasteiger partial charge in [0.05, 0.1) is 50.7 Å². The van der Waals surface area contributed by atoms with Crippen LogP contribution in [-0.2, 0) is 0 Å². The van der Waals surface area contributed by atoms with E-state index in [1.807, 2.05) is 30.3 Å². The van der Waals surface area contributed by atoms with Crippen molar-refractivity contribution in [2.45, 2.75) is 84.0 Å². The maximum atomic E-state index is 10.0. The summed E-state index contributed by atoms with van der Waals surface area (Å²) in [6.07, 6.45) is 21.0. The zero-order valence-electron chi connectivity index (χ0n) is 61.0. The van der Waals surface area contributed by atoms with Crippen molar-refractivity contribution in [1.82, 2.24) is 38.7 Å². The summed E-state index contributed by atoms with van der Waals surface area (Å²) in [5, 5.41) is 38.8. The van der Waals surface area contributed by atoms with Crippen LogP contribution in [0, 0.1) is 17.8 Å². The second-order valence-electron chi connectivity index (χ2n) is 29.1. The van der Waals surface area contributed by atoms with E-state index in [4.69, 9.17) is 13.6 Å². The van der Waals surface area contributed by atoms with Crippen molar-refractivity contribution in [2.24, 2.45) is 17.8 Å². The number of aromatic nitrogens is 8. The lowest BCUT2D eigenvalue weighted by Gasteiger charge is -2.17. The fourth-order valence-electron chi connectivity index (χ4n) is 17.0. The predicted molar refractivity (Wildman–Crippen MR) is 449 cm³/mol. The second-order valence-corrected chi connectivity index (χ2v) is 29.8. The van der Waals surface area contributed by atoms with Crippen LogP contribution in [0.25, 0.3) is 156 Å². The number of aromatic hydroxyl groups is 1. The summed E-state index contributed by atoms with van der Waals surface area (Å²) in [5.41, 5.74) is 16.1. The lowest BCUT2D eigenvalue weighted by molar-refractivity contribution is 0.304. The van der Waals surface area contributed by atoms with Gasteiger partial charge >= 0.3 is 0 Å². The second kappa shape index (κ2) is 30.7. The number of nitrogens with zero attached hydrogens (tertiary/aromatic N) is 8. The zero-order valence-corrected chi connectivity index (χ0v) is 62.6. The third-order valence-corrected chi connectivity index (χ3v) is 22.6. The Bertz CT molecular complexity index is 5890.